The Bertz CT molecular complexity index is 459. The van der Waals surface area contributed by atoms with Gasteiger partial charge in [0.1, 0.15) is 0 Å². The third kappa shape index (κ3) is 3.13. The van der Waals surface area contributed by atoms with Gasteiger partial charge in [0.2, 0.25) is 5.91 Å². The van der Waals surface area contributed by atoms with Gasteiger partial charge in [-0.1, -0.05) is 0 Å². The average Bonchev–Trinajstić information content (AvgIpc) is 2.34. The molecule has 0 aliphatic rings. The van der Waals surface area contributed by atoms with E-state index in [0.29, 0.717) is 23.5 Å². The largest absolute Gasteiger partial charge is 0.399 e. The Morgan fingerprint density at radius 1 is 1.39 bits per heavy atom. The molecule has 18 heavy (non-hydrogen) atoms. The molecule has 2 amide bonds. The zero-order valence-electron chi connectivity index (χ0n) is 10.6. The number of nitrogens with one attached hydrogen (secondary N) is 1. The van der Waals surface area contributed by atoms with Crippen molar-refractivity contribution in [3.05, 3.63) is 23.8 Å². The lowest BCUT2D eigenvalue weighted by Crippen LogP contribution is -2.35. The van der Waals surface area contributed by atoms with E-state index in [9.17, 15) is 9.59 Å². The highest BCUT2D eigenvalue weighted by Gasteiger charge is 2.16. The first-order valence-electron chi connectivity index (χ1n) is 5.64. The van der Waals surface area contributed by atoms with Crippen molar-refractivity contribution in [2.75, 3.05) is 30.8 Å². The van der Waals surface area contributed by atoms with Crippen molar-refractivity contribution in [3.63, 3.8) is 0 Å². The Morgan fingerprint density at radius 3 is 2.56 bits per heavy atom. The molecule has 0 saturated carbocycles. The van der Waals surface area contributed by atoms with Crippen LogP contribution in [0.4, 0.5) is 11.4 Å². The molecular formula is C12H18N4O2. The Balaban J connectivity index is 3.21. The first-order chi connectivity index (χ1) is 8.49. The van der Waals surface area contributed by atoms with Gasteiger partial charge in [0.25, 0.3) is 5.91 Å². The van der Waals surface area contributed by atoms with Crippen LogP contribution in [0.1, 0.15) is 17.3 Å². The van der Waals surface area contributed by atoms with Gasteiger partial charge >= 0.3 is 0 Å². The second-order valence-corrected chi connectivity index (χ2v) is 3.84. The molecular weight excluding hydrogens is 232 g/mol. The summed E-state index contributed by atoms with van der Waals surface area (Å²) in [6.07, 6.45) is 0. The van der Waals surface area contributed by atoms with E-state index in [1.54, 1.807) is 30.1 Å². The lowest BCUT2D eigenvalue weighted by molar-refractivity contribution is -0.116. The molecule has 0 saturated heterocycles. The van der Waals surface area contributed by atoms with Crippen molar-refractivity contribution in [1.29, 1.82) is 0 Å². The lowest BCUT2D eigenvalue weighted by Gasteiger charge is -2.24. The van der Waals surface area contributed by atoms with Crippen LogP contribution < -0.4 is 21.7 Å². The van der Waals surface area contributed by atoms with Gasteiger partial charge < -0.3 is 21.7 Å². The van der Waals surface area contributed by atoms with Crippen LogP contribution in [0.15, 0.2) is 18.2 Å². The van der Waals surface area contributed by atoms with Crippen molar-refractivity contribution < 1.29 is 9.59 Å². The highest BCUT2D eigenvalue weighted by Crippen LogP contribution is 2.23. The minimum Gasteiger partial charge on any atom is -0.399 e. The number of hydrogen-bond acceptors (Lipinski definition) is 4. The van der Waals surface area contributed by atoms with Gasteiger partial charge in [-0.3, -0.25) is 9.59 Å². The minimum atomic E-state index is -0.456. The number of carbonyl (C=O) groups excluding carboxylic acids is 2. The number of benzene rings is 1. The molecule has 0 atom stereocenters. The lowest BCUT2D eigenvalue weighted by atomic mass is 10.1. The minimum absolute atomic E-state index is 0.0456. The summed E-state index contributed by atoms with van der Waals surface area (Å²) in [7, 11) is 1.55. The summed E-state index contributed by atoms with van der Waals surface area (Å²) in [6, 6.07) is 4.94. The summed E-state index contributed by atoms with van der Waals surface area (Å²) in [4.78, 5) is 24.5. The van der Waals surface area contributed by atoms with E-state index >= 15 is 0 Å². The molecule has 0 aliphatic heterocycles. The summed E-state index contributed by atoms with van der Waals surface area (Å²) < 4.78 is 0. The molecule has 0 bridgehead atoms. The first-order valence-corrected chi connectivity index (χ1v) is 5.64. The molecule has 5 N–H and O–H groups in total. The second-order valence-electron chi connectivity index (χ2n) is 3.84. The van der Waals surface area contributed by atoms with Gasteiger partial charge in [0.15, 0.2) is 0 Å². The fourth-order valence-electron chi connectivity index (χ4n) is 1.69. The number of nitrogens with two attached hydrogens (primary N) is 2. The second kappa shape index (κ2) is 5.90. The maximum Gasteiger partial charge on any atom is 0.253 e. The van der Waals surface area contributed by atoms with Crippen molar-refractivity contribution in [2.45, 2.75) is 6.92 Å². The van der Waals surface area contributed by atoms with Gasteiger partial charge in [-0.05, 0) is 25.1 Å². The molecule has 1 aromatic rings. The number of amides is 2. The number of nitrogens with zero attached hydrogens (tertiary/aromatic N) is 1. The van der Waals surface area contributed by atoms with Crippen molar-refractivity contribution >= 4 is 23.2 Å². The normalized spacial score (nSPS) is 9.89. The number of rotatable bonds is 5. The maximum absolute atomic E-state index is 11.8. The van der Waals surface area contributed by atoms with E-state index in [4.69, 9.17) is 11.5 Å². The highest BCUT2D eigenvalue weighted by molar-refractivity contribution is 6.00. The van der Waals surface area contributed by atoms with E-state index in [0.717, 1.165) is 0 Å². The zero-order valence-corrected chi connectivity index (χ0v) is 10.6. The summed E-state index contributed by atoms with van der Waals surface area (Å²) >= 11 is 0. The first kappa shape index (κ1) is 13.8. The third-order valence-electron chi connectivity index (χ3n) is 2.56. The number of anilines is 2. The van der Waals surface area contributed by atoms with Crippen LogP contribution in [0.5, 0.6) is 0 Å². The molecule has 6 nitrogen and oxygen atoms in total. The van der Waals surface area contributed by atoms with Crippen LogP contribution in [0.2, 0.25) is 0 Å². The Hall–Kier alpha value is -2.24. The molecule has 0 fully saturated rings. The quantitative estimate of drug-likeness (QED) is 0.637. The molecule has 6 heteroatoms. The molecule has 0 unspecified atom stereocenters. The third-order valence-corrected chi connectivity index (χ3v) is 2.56. The van der Waals surface area contributed by atoms with Crippen molar-refractivity contribution in [3.8, 4) is 0 Å². The van der Waals surface area contributed by atoms with Crippen LogP contribution in [0.3, 0.4) is 0 Å². The molecule has 0 spiro atoms. The van der Waals surface area contributed by atoms with Crippen LogP contribution in [0, 0.1) is 0 Å². The molecule has 1 rings (SSSR count). The summed E-state index contributed by atoms with van der Waals surface area (Å²) in [5.41, 5.74) is 12.5. The Labute approximate surface area is 106 Å². The molecule has 0 radical (unpaired) electrons. The van der Waals surface area contributed by atoms with E-state index < -0.39 is 5.91 Å². The number of carbonyl (C=O) groups is 2. The predicted molar refractivity (Wildman–Crippen MR) is 71.3 cm³/mol. The monoisotopic (exact) mass is 250 g/mol. The van der Waals surface area contributed by atoms with Crippen LogP contribution in [0.25, 0.3) is 0 Å². The van der Waals surface area contributed by atoms with Crippen LogP contribution >= 0.6 is 0 Å². The SMILES string of the molecule is CCN(CC(N)=O)c1cc(N)ccc1C(=O)NC. The maximum atomic E-state index is 11.8. The Morgan fingerprint density at radius 2 is 2.06 bits per heavy atom. The summed E-state index contributed by atoms with van der Waals surface area (Å²) in [5.74, 6) is -0.685. The topological polar surface area (TPSA) is 101 Å². The van der Waals surface area contributed by atoms with Crippen molar-refractivity contribution in [2.24, 2.45) is 5.73 Å². The van der Waals surface area contributed by atoms with E-state index in [2.05, 4.69) is 5.32 Å². The van der Waals surface area contributed by atoms with Gasteiger partial charge in [-0.2, -0.15) is 0 Å². The van der Waals surface area contributed by atoms with Crippen LogP contribution in [-0.2, 0) is 4.79 Å². The standard InChI is InChI=1S/C12H18N4O2/c1-3-16(7-11(14)17)10-6-8(13)4-5-9(10)12(18)15-2/h4-6H,3,7,13H2,1-2H3,(H2,14,17)(H,15,18). The van der Waals surface area contributed by atoms with Crippen LogP contribution in [-0.4, -0.2) is 32.0 Å². The number of primary amides is 1. The molecule has 0 aromatic heterocycles. The highest BCUT2D eigenvalue weighted by atomic mass is 16.2. The zero-order chi connectivity index (χ0) is 13.7. The van der Waals surface area contributed by atoms with Gasteiger partial charge in [-0.15, -0.1) is 0 Å². The van der Waals surface area contributed by atoms with Crippen molar-refractivity contribution in [1.82, 2.24) is 5.32 Å². The summed E-state index contributed by atoms with van der Waals surface area (Å²) in [5, 5.41) is 2.55. The number of nitrogen functional groups attached to an aromatic ring is 1. The van der Waals surface area contributed by atoms with Gasteiger partial charge in [0, 0.05) is 19.3 Å². The van der Waals surface area contributed by atoms with E-state index in [1.807, 2.05) is 6.92 Å². The van der Waals surface area contributed by atoms with Gasteiger partial charge in [-0.25, -0.2) is 0 Å². The smallest absolute Gasteiger partial charge is 0.253 e. The number of likely N-dealkylation sites (N-methyl/N-ethyl adjacent to an activating group) is 1. The van der Waals surface area contributed by atoms with E-state index in [-0.39, 0.29) is 12.5 Å². The fraction of sp³-hybridized carbons (Fsp3) is 0.333. The molecule has 0 aliphatic carbocycles. The Kier molecular flexibility index (Phi) is 4.53. The molecule has 1 aromatic carbocycles. The molecule has 98 valence electrons. The summed E-state index contributed by atoms with van der Waals surface area (Å²) in [6.45, 7) is 2.47. The van der Waals surface area contributed by atoms with Gasteiger partial charge in [0.05, 0.1) is 17.8 Å². The fourth-order valence-corrected chi connectivity index (χ4v) is 1.69. The number of hydrogen-bond donors (Lipinski definition) is 3. The van der Waals surface area contributed by atoms with E-state index in [1.165, 1.54) is 0 Å². The predicted octanol–water partition coefficient (Wildman–Crippen LogP) is -0.0600. The molecule has 0 heterocycles. The average molecular weight is 250 g/mol.